The lowest BCUT2D eigenvalue weighted by atomic mass is 10.2. The molecule has 1 aromatic carbocycles. The number of thiazole rings is 1. The summed E-state index contributed by atoms with van der Waals surface area (Å²) < 4.78 is 11.4. The van der Waals surface area contributed by atoms with Crippen molar-refractivity contribution < 1.29 is 9.15 Å². The molecule has 0 saturated heterocycles. The Balaban J connectivity index is 1.31. The van der Waals surface area contributed by atoms with Gasteiger partial charge in [0.1, 0.15) is 17.4 Å². The summed E-state index contributed by atoms with van der Waals surface area (Å²) in [5.74, 6) is 2.01. The van der Waals surface area contributed by atoms with Crippen LogP contribution in [-0.4, -0.2) is 20.2 Å². The SMILES string of the molecule is Cc1ccc(OCc2nc(CSc3nnc(-c4ccncc4)o3)cs2)cc1. The van der Waals surface area contributed by atoms with Crippen molar-refractivity contribution in [3.8, 4) is 17.2 Å². The fourth-order valence-electron chi connectivity index (χ4n) is 2.28. The van der Waals surface area contributed by atoms with Gasteiger partial charge in [-0.15, -0.1) is 21.5 Å². The molecule has 4 aromatic rings. The van der Waals surface area contributed by atoms with Gasteiger partial charge < -0.3 is 9.15 Å². The lowest BCUT2D eigenvalue weighted by molar-refractivity contribution is 0.305. The van der Waals surface area contributed by atoms with E-state index in [1.54, 1.807) is 23.7 Å². The second-order valence-electron chi connectivity index (χ2n) is 5.73. The van der Waals surface area contributed by atoms with E-state index in [-0.39, 0.29) is 0 Å². The average molecular weight is 396 g/mol. The molecule has 3 aromatic heterocycles. The van der Waals surface area contributed by atoms with Gasteiger partial charge in [0.25, 0.3) is 5.22 Å². The van der Waals surface area contributed by atoms with E-state index in [4.69, 9.17) is 9.15 Å². The van der Waals surface area contributed by atoms with Gasteiger partial charge in [0.2, 0.25) is 5.89 Å². The van der Waals surface area contributed by atoms with E-state index in [0.29, 0.717) is 23.5 Å². The molecule has 3 heterocycles. The number of hydrogen-bond acceptors (Lipinski definition) is 8. The first-order chi connectivity index (χ1) is 13.3. The van der Waals surface area contributed by atoms with E-state index >= 15 is 0 Å². The van der Waals surface area contributed by atoms with Crippen LogP contribution in [-0.2, 0) is 12.4 Å². The first kappa shape index (κ1) is 17.7. The zero-order valence-corrected chi connectivity index (χ0v) is 16.2. The van der Waals surface area contributed by atoms with Crippen molar-refractivity contribution in [2.24, 2.45) is 0 Å². The van der Waals surface area contributed by atoms with Crippen molar-refractivity contribution in [3.63, 3.8) is 0 Å². The summed E-state index contributed by atoms with van der Waals surface area (Å²) in [5.41, 5.74) is 3.04. The summed E-state index contributed by atoms with van der Waals surface area (Å²) in [6.07, 6.45) is 3.39. The van der Waals surface area contributed by atoms with Crippen molar-refractivity contribution in [2.45, 2.75) is 24.5 Å². The van der Waals surface area contributed by atoms with Gasteiger partial charge in [-0.1, -0.05) is 29.5 Å². The molecule has 0 aliphatic heterocycles. The highest BCUT2D eigenvalue weighted by Gasteiger charge is 2.10. The molecule has 0 aliphatic rings. The molecule has 4 rings (SSSR count). The lowest BCUT2D eigenvalue weighted by Crippen LogP contribution is -1.95. The van der Waals surface area contributed by atoms with Crippen LogP contribution in [0.15, 0.2) is 63.8 Å². The Morgan fingerprint density at radius 2 is 1.89 bits per heavy atom. The summed E-state index contributed by atoms with van der Waals surface area (Å²) in [5, 5.41) is 11.6. The first-order valence-electron chi connectivity index (χ1n) is 8.26. The van der Waals surface area contributed by atoms with Gasteiger partial charge >= 0.3 is 0 Å². The maximum absolute atomic E-state index is 5.77. The second-order valence-corrected chi connectivity index (χ2v) is 7.60. The number of thioether (sulfide) groups is 1. The summed E-state index contributed by atoms with van der Waals surface area (Å²) >= 11 is 3.05. The number of rotatable bonds is 7. The third-order valence-electron chi connectivity index (χ3n) is 3.66. The Bertz CT molecular complexity index is 1000. The van der Waals surface area contributed by atoms with E-state index in [1.807, 2.05) is 41.8 Å². The molecule has 136 valence electrons. The van der Waals surface area contributed by atoms with Crippen LogP contribution in [0.4, 0.5) is 0 Å². The van der Waals surface area contributed by atoms with E-state index in [9.17, 15) is 0 Å². The summed E-state index contributed by atoms with van der Waals surface area (Å²) in [4.78, 5) is 8.58. The molecule has 0 atom stereocenters. The largest absolute Gasteiger partial charge is 0.486 e. The quantitative estimate of drug-likeness (QED) is 0.417. The molecule has 0 N–H and O–H groups in total. The number of aromatic nitrogens is 4. The van der Waals surface area contributed by atoms with Crippen molar-refractivity contribution in [1.82, 2.24) is 20.2 Å². The predicted octanol–water partition coefficient (Wildman–Crippen LogP) is 4.77. The molecule has 0 aliphatic carbocycles. The molecule has 0 fully saturated rings. The predicted molar refractivity (Wildman–Crippen MR) is 105 cm³/mol. The van der Waals surface area contributed by atoms with Gasteiger partial charge in [-0.25, -0.2) is 4.98 Å². The molecule has 0 bridgehead atoms. The molecular formula is C19H16N4O2S2. The van der Waals surface area contributed by atoms with E-state index in [1.165, 1.54) is 17.3 Å². The molecule has 6 nitrogen and oxygen atoms in total. The Labute approximate surface area is 164 Å². The molecule has 0 spiro atoms. The number of pyridine rings is 1. The molecule has 0 unspecified atom stereocenters. The molecule has 8 heteroatoms. The fourth-order valence-corrected chi connectivity index (χ4v) is 3.74. The van der Waals surface area contributed by atoms with E-state index in [0.717, 1.165) is 22.0 Å². The molecule has 0 saturated carbocycles. The fraction of sp³-hybridized carbons (Fsp3) is 0.158. The summed E-state index contributed by atoms with van der Waals surface area (Å²) in [7, 11) is 0. The van der Waals surface area contributed by atoms with Gasteiger partial charge in [-0.2, -0.15) is 0 Å². The Morgan fingerprint density at radius 3 is 2.70 bits per heavy atom. The van der Waals surface area contributed by atoms with Crippen molar-refractivity contribution in [1.29, 1.82) is 0 Å². The van der Waals surface area contributed by atoms with Crippen LogP contribution in [0, 0.1) is 6.92 Å². The minimum absolute atomic E-state index is 0.463. The van der Waals surface area contributed by atoms with Gasteiger partial charge in [0, 0.05) is 29.1 Å². The Kier molecular flexibility index (Phi) is 5.45. The van der Waals surface area contributed by atoms with Gasteiger partial charge in [0.15, 0.2) is 0 Å². The number of nitrogens with zero attached hydrogens (tertiary/aromatic N) is 4. The average Bonchev–Trinajstić information content (AvgIpc) is 3.36. The molecule has 27 heavy (non-hydrogen) atoms. The second kappa shape index (κ2) is 8.32. The minimum Gasteiger partial charge on any atom is -0.486 e. The standard InChI is InChI=1S/C19H16N4O2S2/c1-13-2-4-16(5-3-13)24-10-17-21-15(11-26-17)12-27-19-23-22-18(25-19)14-6-8-20-9-7-14/h2-9,11H,10,12H2,1H3. The monoisotopic (exact) mass is 396 g/mol. The van der Waals surface area contributed by atoms with E-state index < -0.39 is 0 Å². The maximum atomic E-state index is 5.77. The van der Waals surface area contributed by atoms with Crippen LogP contribution in [0.1, 0.15) is 16.3 Å². The van der Waals surface area contributed by atoms with Crippen LogP contribution >= 0.6 is 23.1 Å². The van der Waals surface area contributed by atoms with Crippen LogP contribution < -0.4 is 4.74 Å². The zero-order valence-electron chi connectivity index (χ0n) is 14.5. The normalized spacial score (nSPS) is 10.9. The molecule has 0 amide bonds. The van der Waals surface area contributed by atoms with Gasteiger partial charge in [-0.3, -0.25) is 4.98 Å². The first-order valence-corrected chi connectivity index (χ1v) is 10.1. The highest BCUT2D eigenvalue weighted by Crippen LogP contribution is 2.26. The number of ether oxygens (including phenoxy) is 1. The van der Waals surface area contributed by atoms with Gasteiger partial charge in [0.05, 0.1) is 5.69 Å². The summed E-state index contributed by atoms with van der Waals surface area (Å²) in [6.45, 7) is 2.52. The van der Waals surface area contributed by atoms with Crippen LogP contribution in [0.3, 0.4) is 0 Å². The van der Waals surface area contributed by atoms with Crippen molar-refractivity contribution in [3.05, 3.63) is 70.4 Å². The number of hydrogen-bond donors (Lipinski definition) is 0. The zero-order chi connectivity index (χ0) is 18.5. The smallest absolute Gasteiger partial charge is 0.277 e. The van der Waals surface area contributed by atoms with Gasteiger partial charge in [-0.05, 0) is 31.2 Å². The highest BCUT2D eigenvalue weighted by atomic mass is 32.2. The molecule has 0 radical (unpaired) electrons. The summed E-state index contributed by atoms with van der Waals surface area (Å²) in [6, 6.07) is 11.7. The van der Waals surface area contributed by atoms with Crippen molar-refractivity contribution in [2.75, 3.05) is 0 Å². The Morgan fingerprint density at radius 1 is 1.07 bits per heavy atom. The third kappa shape index (κ3) is 4.72. The molecular weight excluding hydrogens is 380 g/mol. The van der Waals surface area contributed by atoms with E-state index in [2.05, 4.69) is 27.1 Å². The maximum Gasteiger partial charge on any atom is 0.277 e. The van der Waals surface area contributed by atoms with Crippen molar-refractivity contribution >= 4 is 23.1 Å². The number of benzene rings is 1. The highest BCUT2D eigenvalue weighted by molar-refractivity contribution is 7.98. The topological polar surface area (TPSA) is 73.9 Å². The third-order valence-corrected chi connectivity index (χ3v) is 5.38. The van der Waals surface area contributed by atoms with Crippen LogP contribution in [0.5, 0.6) is 5.75 Å². The van der Waals surface area contributed by atoms with Crippen LogP contribution in [0.2, 0.25) is 0 Å². The Hall–Kier alpha value is -2.71. The number of aryl methyl sites for hydroxylation is 1. The lowest BCUT2D eigenvalue weighted by Gasteiger charge is -2.03. The van der Waals surface area contributed by atoms with Crippen LogP contribution in [0.25, 0.3) is 11.5 Å². The minimum atomic E-state index is 0.463.